The number of rotatable bonds is 1. The average Bonchev–Trinajstić information content (AvgIpc) is 2.68. The van der Waals surface area contributed by atoms with E-state index < -0.39 is 0 Å². The van der Waals surface area contributed by atoms with Gasteiger partial charge in [-0.3, -0.25) is 4.79 Å². The smallest absolute Gasteiger partial charge is 0.220 e. The first-order valence-corrected chi connectivity index (χ1v) is 5.93. The minimum Gasteiger partial charge on any atom is -0.486 e. The number of hydrogen-bond acceptors (Lipinski definition) is 3. The molecule has 2 aliphatic rings. The number of hydrogen-bond donors (Lipinski definition) is 1. The molecule has 1 saturated heterocycles. The summed E-state index contributed by atoms with van der Waals surface area (Å²) in [6.45, 7) is 3.23. The van der Waals surface area contributed by atoms with Crippen molar-refractivity contribution < 1.29 is 14.3 Å². The van der Waals surface area contributed by atoms with Crippen molar-refractivity contribution in [2.75, 3.05) is 13.2 Å². The van der Waals surface area contributed by atoms with E-state index in [1.807, 2.05) is 25.1 Å². The normalized spacial score (nSPS) is 26.8. The van der Waals surface area contributed by atoms with E-state index in [1.54, 1.807) is 0 Å². The van der Waals surface area contributed by atoms with Gasteiger partial charge in [-0.25, -0.2) is 0 Å². The number of fused-ring (bicyclic) bond motifs is 1. The molecule has 2 aliphatic heterocycles. The molecule has 1 N–H and O–H groups in total. The van der Waals surface area contributed by atoms with E-state index >= 15 is 0 Å². The first-order valence-electron chi connectivity index (χ1n) is 5.93. The van der Waals surface area contributed by atoms with Crippen molar-refractivity contribution in [3.05, 3.63) is 23.8 Å². The zero-order valence-electron chi connectivity index (χ0n) is 9.73. The molecular formula is C13H15NO3. The molecule has 0 radical (unpaired) electrons. The lowest BCUT2D eigenvalue weighted by Crippen LogP contribution is -2.24. The van der Waals surface area contributed by atoms with Crippen molar-refractivity contribution in [3.63, 3.8) is 0 Å². The zero-order chi connectivity index (χ0) is 11.8. The van der Waals surface area contributed by atoms with Crippen LogP contribution in [0.25, 0.3) is 0 Å². The van der Waals surface area contributed by atoms with Gasteiger partial charge in [0.15, 0.2) is 11.5 Å². The van der Waals surface area contributed by atoms with Crippen LogP contribution in [0, 0.1) is 0 Å². The molecule has 90 valence electrons. The van der Waals surface area contributed by atoms with E-state index in [0.29, 0.717) is 19.6 Å². The summed E-state index contributed by atoms with van der Waals surface area (Å²) in [6, 6.07) is 6.13. The second kappa shape index (κ2) is 3.95. The first-order chi connectivity index (χ1) is 8.24. The second-order valence-electron chi connectivity index (χ2n) is 4.57. The predicted octanol–water partition coefficient (Wildman–Crippen LogP) is 1.45. The molecule has 4 nitrogen and oxygen atoms in total. The minimum atomic E-state index is 0.123. The van der Waals surface area contributed by atoms with Crippen LogP contribution < -0.4 is 14.8 Å². The third-order valence-electron chi connectivity index (χ3n) is 3.39. The molecule has 0 aromatic heterocycles. The van der Waals surface area contributed by atoms with Gasteiger partial charge in [-0.2, -0.15) is 0 Å². The SMILES string of the molecule is CC1NC(=O)CC1c1ccc2c(c1)OCCO2. The molecule has 2 atom stereocenters. The van der Waals surface area contributed by atoms with Crippen LogP contribution in [-0.4, -0.2) is 25.2 Å². The molecule has 1 aromatic rings. The van der Waals surface area contributed by atoms with E-state index in [4.69, 9.17) is 9.47 Å². The Bertz CT molecular complexity index is 458. The van der Waals surface area contributed by atoms with Gasteiger partial charge in [0.1, 0.15) is 13.2 Å². The number of benzene rings is 1. The van der Waals surface area contributed by atoms with Crippen molar-refractivity contribution in [1.29, 1.82) is 0 Å². The fraction of sp³-hybridized carbons (Fsp3) is 0.462. The zero-order valence-corrected chi connectivity index (χ0v) is 9.73. The van der Waals surface area contributed by atoms with Crippen molar-refractivity contribution in [1.82, 2.24) is 5.32 Å². The van der Waals surface area contributed by atoms with Gasteiger partial charge >= 0.3 is 0 Å². The Morgan fingerprint density at radius 3 is 2.71 bits per heavy atom. The van der Waals surface area contributed by atoms with Gasteiger partial charge in [0.05, 0.1) is 0 Å². The summed E-state index contributed by atoms with van der Waals surface area (Å²) in [7, 11) is 0. The minimum absolute atomic E-state index is 0.123. The summed E-state index contributed by atoms with van der Waals surface area (Å²) < 4.78 is 11.0. The molecule has 1 aromatic carbocycles. The Labute approximate surface area is 99.9 Å². The summed E-state index contributed by atoms with van der Waals surface area (Å²) in [5.41, 5.74) is 1.14. The Hall–Kier alpha value is -1.71. The molecule has 0 bridgehead atoms. The van der Waals surface area contributed by atoms with E-state index in [0.717, 1.165) is 17.1 Å². The van der Waals surface area contributed by atoms with Crippen LogP contribution in [-0.2, 0) is 4.79 Å². The highest BCUT2D eigenvalue weighted by atomic mass is 16.6. The lowest BCUT2D eigenvalue weighted by atomic mass is 9.92. The van der Waals surface area contributed by atoms with E-state index in [1.165, 1.54) is 0 Å². The molecule has 2 heterocycles. The summed E-state index contributed by atoms with van der Waals surface area (Å²) in [6.07, 6.45) is 0.556. The van der Waals surface area contributed by atoms with Gasteiger partial charge in [0, 0.05) is 18.4 Å². The highest BCUT2D eigenvalue weighted by Crippen LogP contribution is 2.36. The maximum atomic E-state index is 11.4. The van der Waals surface area contributed by atoms with Gasteiger partial charge < -0.3 is 14.8 Å². The van der Waals surface area contributed by atoms with Crippen LogP contribution in [0.2, 0.25) is 0 Å². The molecule has 1 fully saturated rings. The largest absolute Gasteiger partial charge is 0.486 e. The molecule has 2 unspecified atom stereocenters. The molecular weight excluding hydrogens is 218 g/mol. The molecule has 0 aliphatic carbocycles. The van der Waals surface area contributed by atoms with E-state index in [-0.39, 0.29) is 17.9 Å². The van der Waals surface area contributed by atoms with E-state index in [2.05, 4.69) is 5.32 Å². The van der Waals surface area contributed by atoms with E-state index in [9.17, 15) is 4.79 Å². The van der Waals surface area contributed by atoms with Crippen LogP contribution in [0.1, 0.15) is 24.8 Å². The summed E-state index contributed by atoms with van der Waals surface area (Å²) in [4.78, 5) is 11.4. The summed E-state index contributed by atoms with van der Waals surface area (Å²) in [5.74, 6) is 1.95. The van der Waals surface area contributed by atoms with Crippen molar-refractivity contribution in [2.24, 2.45) is 0 Å². The Kier molecular flexibility index (Phi) is 2.42. The quantitative estimate of drug-likeness (QED) is 0.798. The van der Waals surface area contributed by atoms with Crippen molar-refractivity contribution in [3.8, 4) is 11.5 Å². The van der Waals surface area contributed by atoms with Crippen LogP contribution in [0.3, 0.4) is 0 Å². The maximum Gasteiger partial charge on any atom is 0.220 e. The highest BCUT2D eigenvalue weighted by Gasteiger charge is 2.30. The standard InChI is InChI=1S/C13H15NO3/c1-8-10(7-13(15)14-8)9-2-3-11-12(6-9)17-5-4-16-11/h2-3,6,8,10H,4-5,7H2,1H3,(H,14,15). The number of ether oxygens (including phenoxy) is 2. The summed E-state index contributed by atoms with van der Waals surface area (Å²) in [5, 5.41) is 2.93. The number of carbonyl (C=O) groups excluding carboxylic acids is 1. The van der Waals surface area contributed by atoms with Crippen molar-refractivity contribution in [2.45, 2.75) is 25.3 Å². The highest BCUT2D eigenvalue weighted by molar-refractivity contribution is 5.80. The molecule has 1 amide bonds. The van der Waals surface area contributed by atoms with Crippen LogP contribution in [0.5, 0.6) is 11.5 Å². The van der Waals surface area contributed by atoms with Crippen LogP contribution >= 0.6 is 0 Å². The van der Waals surface area contributed by atoms with Gasteiger partial charge in [0.2, 0.25) is 5.91 Å². The van der Waals surface area contributed by atoms with Gasteiger partial charge in [-0.05, 0) is 24.6 Å². The second-order valence-corrected chi connectivity index (χ2v) is 4.57. The average molecular weight is 233 g/mol. The Morgan fingerprint density at radius 1 is 1.24 bits per heavy atom. The molecule has 3 rings (SSSR count). The van der Waals surface area contributed by atoms with Gasteiger partial charge in [0.25, 0.3) is 0 Å². The number of amides is 1. The number of nitrogens with one attached hydrogen (secondary N) is 1. The van der Waals surface area contributed by atoms with Crippen molar-refractivity contribution >= 4 is 5.91 Å². The first kappa shape index (κ1) is 10.4. The lowest BCUT2D eigenvalue weighted by Gasteiger charge is -2.21. The topological polar surface area (TPSA) is 47.6 Å². The molecule has 0 saturated carbocycles. The van der Waals surface area contributed by atoms with Crippen LogP contribution in [0.15, 0.2) is 18.2 Å². The third kappa shape index (κ3) is 1.84. The lowest BCUT2D eigenvalue weighted by molar-refractivity contribution is -0.119. The fourth-order valence-electron chi connectivity index (χ4n) is 2.49. The maximum absolute atomic E-state index is 11.4. The Morgan fingerprint density at radius 2 is 2.00 bits per heavy atom. The molecule has 0 spiro atoms. The monoisotopic (exact) mass is 233 g/mol. The fourth-order valence-corrected chi connectivity index (χ4v) is 2.49. The number of carbonyl (C=O) groups is 1. The van der Waals surface area contributed by atoms with Crippen LogP contribution in [0.4, 0.5) is 0 Å². The molecule has 4 heteroatoms. The molecule has 17 heavy (non-hydrogen) atoms. The third-order valence-corrected chi connectivity index (χ3v) is 3.39. The predicted molar refractivity (Wildman–Crippen MR) is 62.4 cm³/mol. The van der Waals surface area contributed by atoms with Gasteiger partial charge in [-0.1, -0.05) is 6.07 Å². The summed E-state index contributed by atoms with van der Waals surface area (Å²) >= 11 is 0. The van der Waals surface area contributed by atoms with Gasteiger partial charge in [-0.15, -0.1) is 0 Å². The Balaban J connectivity index is 1.91.